The van der Waals surface area contributed by atoms with Gasteiger partial charge in [0.05, 0.1) is 6.07 Å². The highest BCUT2D eigenvalue weighted by Crippen LogP contribution is 2.17. The lowest BCUT2D eigenvalue weighted by Crippen LogP contribution is -2.20. The van der Waals surface area contributed by atoms with Crippen LogP contribution in [0.2, 0.25) is 0 Å². The first kappa shape index (κ1) is 11.7. The molecule has 2 amide bonds. The van der Waals surface area contributed by atoms with Crippen LogP contribution in [0.4, 0.5) is 5.69 Å². The normalized spacial score (nSPS) is 11.2. The Hall–Kier alpha value is -2.35. The number of hydrogen-bond acceptors (Lipinski definition) is 3. The van der Waals surface area contributed by atoms with Gasteiger partial charge in [0.2, 0.25) is 11.8 Å². The van der Waals surface area contributed by atoms with Crippen LogP contribution in [-0.2, 0) is 9.59 Å². The molecule has 1 rings (SSSR count). The first-order valence-corrected chi connectivity index (χ1v) is 4.61. The molecule has 1 aromatic rings. The molecule has 0 aliphatic heterocycles. The molecule has 5 nitrogen and oxygen atoms in total. The van der Waals surface area contributed by atoms with E-state index >= 15 is 0 Å². The number of hydrogen-bond donors (Lipinski definition) is 2. The second-order valence-electron chi connectivity index (χ2n) is 3.27. The average Bonchev–Trinajstić information content (AvgIpc) is 2.20. The van der Waals surface area contributed by atoms with E-state index in [1.165, 1.54) is 6.92 Å². The second-order valence-corrected chi connectivity index (χ2v) is 3.27. The fourth-order valence-electron chi connectivity index (χ4n) is 1.26. The Bertz CT molecular complexity index is 445. The third kappa shape index (κ3) is 2.82. The molecule has 1 unspecified atom stereocenters. The number of nitrogens with two attached hydrogens (primary N) is 1. The highest BCUT2D eigenvalue weighted by molar-refractivity contribution is 5.89. The molecule has 1 atom stereocenters. The minimum absolute atomic E-state index is 0.181. The molecule has 0 saturated heterocycles. The zero-order chi connectivity index (χ0) is 12.1. The Labute approximate surface area is 92.9 Å². The predicted molar refractivity (Wildman–Crippen MR) is 58.3 cm³/mol. The molecule has 0 heterocycles. The van der Waals surface area contributed by atoms with Gasteiger partial charge in [-0.3, -0.25) is 9.59 Å². The molecule has 3 N–H and O–H groups in total. The van der Waals surface area contributed by atoms with Crippen LogP contribution in [0.25, 0.3) is 0 Å². The molecular weight excluding hydrogens is 206 g/mol. The number of nitrogens with one attached hydrogen (secondary N) is 1. The Morgan fingerprint density at radius 2 is 1.94 bits per heavy atom. The van der Waals surface area contributed by atoms with Gasteiger partial charge in [0.1, 0.15) is 5.92 Å². The van der Waals surface area contributed by atoms with Crippen molar-refractivity contribution in [2.75, 3.05) is 5.32 Å². The molecular formula is C11H11N3O2. The molecule has 0 saturated carbocycles. The van der Waals surface area contributed by atoms with Crippen molar-refractivity contribution in [3.05, 3.63) is 29.8 Å². The summed E-state index contributed by atoms with van der Waals surface area (Å²) in [5, 5.41) is 11.3. The first-order chi connectivity index (χ1) is 7.54. The number of carbonyl (C=O) groups is 2. The predicted octanol–water partition coefficient (Wildman–Crippen LogP) is 0.737. The number of primary amides is 1. The smallest absolute Gasteiger partial charge is 0.239 e. The average molecular weight is 217 g/mol. The molecule has 0 spiro atoms. The van der Waals surface area contributed by atoms with Crippen LogP contribution in [0, 0.1) is 11.3 Å². The number of anilines is 1. The van der Waals surface area contributed by atoms with Gasteiger partial charge in [-0.2, -0.15) is 5.26 Å². The molecule has 82 valence electrons. The van der Waals surface area contributed by atoms with Crippen LogP contribution >= 0.6 is 0 Å². The van der Waals surface area contributed by atoms with Crippen LogP contribution in [-0.4, -0.2) is 11.8 Å². The van der Waals surface area contributed by atoms with E-state index in [-0.39, 0.29) is 5.91 Å². The zero-order valence-corrected chi connectivity index (χ0v) is 8.73. The Morgan fingerprint density at radius 3 is 2.31 bits per heavy atom. The van der Waals surface area contributed by atoms with Crippen LogP contribution in [0.1, 0.15) is 18.4 Å². The van der Waals surface area contributed by atoms with Crippen molar-refractivity contribution >= 4 is 17.5 Å². The summed E-state index contributed by atoms with van der Waals surface area (Å²) in [5.41, 5.74) is 6.19. The minimum atomic E-state index is -0.952. The van der Waals surface area contributed by atoms with Gasteiger partial charge in [-0.25, -0.2) is 0 Å². The summed E-state index contributed by atoms with van der Waals surface area (Å²) >= 11 is 0. The monoisotopic (exact) mass is 217 g/mol. The van der Waals surface area contributed by atoms with E-state index in [0.29, 0.717) is 11.3 Å². The molecule has 0 bridgehead atoms. The quantitative estimate of drug-likeness (QED) is 0.781. The van der Waals surface area contributed by atoms with Crippen LogP contribution in [0.5, 0.6) is 0 Å². The summed E-state index contributed by atoms with van der Waals surface area (Å²) in [6.07, 6.45) is 0. The van der Waals surface area contributed by atoms with Crippen molar-refractivity contribution in [3.63, 3.8) is 0 Å². The van der Waals surface area contributed by atoms with Crippen molar-refractivity contribution in [1.82, 2.24) is 0 Å². The highest BCUT2D eigenvalue weighted by Gasteiger charge is 2.16. The minimum Gasteiger partial charge on any atom is -0.368 e. The van der Waals surface area contributed by atoms with Gasteiger partial charge >= 0.3 is 0 Å². The molecule has 0 aliphatic carbocycles. The van der Waals surface area contributed by atoms with Gasteiger partial charge in [0.25, 0.3) is 0 Å². The molecule has 0 radical (unpaired) electrons. The lowest BCUT2D eigenvalue weighted by atomic mass is 10.00. The molecule has 5 heteroatoms. The SMILES string of the molecule is CC(=O)Nc1ccc(C(C#N)C(N)=O)cc1. The number of carbonyl (C=O) groups excluding carboxylic acids is 2. The molecule has 16 heavy (non-hydrogen) atoms. The van der Waals surface area contributed by atoms with Crippen LogP contribution in [0.3, 0.4) is 0 Å². The van der Waals surface area contributed by atoms with Gasteiger partial charge in [-0.15, -0.1) is 0 Å². The van der Waals surface area contributed by atoms with E-state index in [2.05, 4.69) is 5.32 Å². The van der Waals surface area contributed by atoms with E-state index in [0.717, 1.165) is 0 Å². The maximum Gasteiger partial charge on any atom is 0.239 e. The largest absolute Gasteiger partial charge is 0.368 e. The Balaban J connectivity index is 2.90. The van der Waals surface area contributed by atoms with Crippen LogP contribution in [0.15, 0.2) is 24.3 Å². The molecule has 0 aromatic heterocycles. The lowest BCUT2D eigenvalue weighted by molar-refractivity contribution is -0.118. The Morgan fingerprint density at radius 1 is 1.38 bits per heavy atom. The van der Waals surface area contributed by atoms with Gasteiger partial charge in [0, 0.05) is 12.6 Å². The summed E-state index contributed by atoms with van der Waals surface area (Å²) in [6.45, 7) is 1.40. The summed E-state index contributed by atoms with van der Waals surface area (Å²) in [4.78, 5) is 21.7. The summed E-state index contributed by atoms with van der Waals surface area (Å²) in [7, 11) is 0. The number of amides is 2. The maximum atomic E-state index is 10.9. The molecule has 0 aliphatic rings. The topological polar surface area (TPSA) is 96.0 Å². The van der Waals surface area contributed by atoms with Crippen molar-refractivity contribution in [2.45, 2.75) is 12.8 Å². The third-order valence-electron chi connectivity index (χ3n) is 1.98. The summed E-state index contributed by atoms with van der Waals surface area (Å²) < 4.78 is 0. The summed E-state index contributed by atoms with van der Waals surface area (Å²) in [6, 6.07) is 8.22. The number of nitriles is 1. The number of rotatable bonds is 3. The molecule has 1 aromatic carbocycles. The van der Waals surface area contributed by atoms with Crippen LogP contribution < -0.4 is 11.1 Å². The second kappa shape index (κ2) is 4.94. The van der Waals surface area contributed by atoms with Gasteiger partial charge in [-0.05, 0) is 17.7 Å². The first-order valence-electron chi connectivity index (χ1n) is 4.61. The van der Waals surface area contributed by atoms with Crippen molar-refractivity contribution in [2.24, 2.45) is 5.73 Å². The Kier molecular flexibility index (Phi) is 3.62. The third-order valence-corrected chi connectivity index (χ3v) is 1.98. The maximum absolute atomic E-state index is 10.9. The van der Waals surface area contributed by atoms with Crippen molar-refractivity contribution < 1.29 is 9.59 Å². The van der Waals surface area contributed by atoms with E-state index in [4.69, 9.17) is 11.0 Å². The lowest BCUT2D eigenvalue weighted by Gasteiger charge is -2.06. The number of benzene rings is 1. The van der Waals surface area contributed by atoms with Gasteiger partial charge < -0.3 is 11.1 Å². The fourth-order valence-corrected chi connectivity index (χ4v) is 1.26. The van der Waals surface area contributed by atoms with E-state index in [1.807, 2.05) is 6.07 Å². The highest BCUT2D eigenvalue weighted by atomic mass is 16.1. The van der Waals surface area contributed by atoms with E-state index in [1.54, 1.807) is 24.3 Å². The van der Waals surface area contributed by atoms with Gasteiger partial charge in [-0.1, -0.05) is 12.1 Å². The molecule has 0 fully saturated rings. The fraction of sp³-hybridized carbons (Fsp3) is 0.182. The van der Waals surface area contributed by atoms with Crippen molar-refractivity contribution in [3.8, 4) is 6.07 Å². The van der Waals surface area contributed by atoms with E-state index in [9.17, 15) is 9.59 Å². The standard InChI is InChI=1S/C11H11N3O2/c1-7(15)14-9-4-2-8(3-5-9)10(6-12)11(13)16/h2-5,10H,1H3,(H2,13,16)(H,14,15). The van der Waals surface area contributed by atoms with E-state index < -0.39 is 11.8 Å². The van der Waals surface area contributed by atoms with Gasteiger partial charge in [0.15, 0.2) is 0 Å². The zero-order valence-electron chi connectivity index (χ0n) is 8.73. The summed E-state index contributed by atoms with van der Waals surface area (Å²) in [5.74, 6) is -1.82. The van der Waals surface area contributed by atoms with Crippen molar-refractivity contribution in [1.29, 1.82) is 5.26 Å². The number of nitrogens with zero attached hydrogens (tertiary/aromatic N) is 1.